The van der Waals surface area contributed by atoms with Gasteiger partial charge >= 0.3 is 67.7 Å². The molecule has 0 aromatic rings. The number of hydrogen-bond acceptors (Lipinski definition) is 1. The molecule has 0 rings (SSSR count). The summed E-state index contributed by atoms with van der Waals surface area (Å²) in [6.07, 6.45) is 0. The van der Waals surface area contributed by atoms with E-state index >= 15 is 0 Å². The van der Waals surface area contributed by atoms with Crippen molar-refractivity contribution in [1.82, 2.24) is 0 Å². The number of carboxylic acid groups (broad SMARTS) is 1. The van der Waals surface area contributed by atoms with Gasteiger partial charge in [-0.1, -0.05) is 0 Å². The molecular weight excluding hydrogens is 347 g/mol. The summed E-state index contributed by atoms with van der Waals surface area (Å²) in [6, 6.07) is 0. The Labute approximate surface area is 67.0 Å². The predicted molar refractivity (Wildman–Crippen MR) is 38.0 cm³/mol. The standard InChI is InChI=1S/CH6AsGeO2SiTe/c4-1(5)2-6-3-7/h2H,3,6H2,(H,4,5). The van der Waals surface area contributed by atoms with E-state index in [-0.39, 0.29) is 18.0 Å². The van der Waals surface area contributed by atoms with Gasteiger partial charge in [-0.05, 0) is 0 Å². The van der Waals surface area contributed by atoms with Gasteiger partial charge in [-0.25, -0.2) is 0 Å². The fraction of sp³-hybridized carbons (Fsp3) is 0. The Balaban J connectivity index is 2.82. The quantitative estimate of drug-likeness (QED) is 0.563. The van der Waals surface area contributed by atoms with E-state index in [4.69, 9.17) is 5.11 Å². The van der Waals surface area contributed by atoms with Gasteiger partial charge in [0.05, 0.1) is 0 Å². The van der Waals surface area contributed by atoms with E-state index < -0.39 is 19.8 Å². The van der Waals surface area contributed by atoms with E-state index in [1.165, 1.54) is 0 Å². The Hall–Kier alpha value is 1.58. The van der Waals surface area contributed by atoms with Crippen molar-refractivity contribution in [1.29, 1.82) is 0 Å². The first kappa shape index (κ1) is 8.58. The number of rotatable bonds is 3. The van der Waals surface area contributed by atoms with Crippen molar-refractivity contribution in [3.8, 4) is 0 Å². The van der Waals surface area contributed by atoms with Crippen molar-refractivity contribution < 1.29 is 9.90 Å². The van der Waals surface area contributed by atoms with Crippen molar-refractivity contribution in [2.75, 3.05) is 0 Å². The maximum absolute atomic E-state index is 9.88. The van der Waals surface area contributed by atoms with Crippen molar-refractivity contribution >= 4 is 57.8 Å². The average molecular weight is 353 g/mol. The van der Waals surface area contributed by atoms with Gasteiger partial charge in [0.2, 0.25) is 0 Å². The number of hydrogen-bond donors (Lipinski definition) is 1. The van der Waals surface area contributed by atoms with Crippen LogP contribution in [-0.4, -0.2) is 62.9 Å². The molecule has 7 heavy (non-hydrogen) atoms. The molecule has 6 heteroatoms. The van der Waals surface area contributed by atoms with Gasteiger partial charge in [0.25, 0.3) is 0 Å². The average Bonchev–Trinajstić information content (AvgIpc) is 1.61. The Kier molecular flexibility index (Phi) is 7.00. The summed E-state index contributed by atoms with van der Waals surface area (Å²) in [6.45, 7) is 0.0916. The molecule has 2 nitrogen and oxygen atoms in total. The van der Waals surface area contributed by atoms with E-state index in [0.29, 0.717) is 0 Å². The van der Waals surface area contributed by atoms with Gasteiger partial charge in [0.1, 0.15) is 0 Å². The van der Waals surface area contributed by atoms with E-state index in [9.17, 15) is 4.79 Å². The molecule has 1 unspecified atom stereocenters. The van der Waals surface area contributed by atoms with Crippen LogP contribution in [0.25, 0.3) is 0 Å². The van der Waals surface area contributed by atoms with Gasteiger partial charge in [0.15, 0.2) is 0 Å². The molecule has 0 saturated carbocycles. The van der Waals surface area contributed by atoms with E-state index in [1.54, 1.807) is 0 Å². The normalized spacial score (nSPS) is 13.9. The van der Waals surface area contributed by atoms with Crippen LogP contribution >= 0.6 is 0 Å². The fourth-order valence-electron chi connectivity index (χ4n) is 0.158. The van der Waals surface area contributed by atoms with E-state index in [1.807, 2.05) is 0 Å². The van der Waals surface area contributed by atoms with E-state index in [0.717, 1.165) is 0 Å². The third-order valence-corrected chi connectivity index (χ3v) is 67.9. The van der Waals surface area contributed by atoms with Gasteiger partial charge < -0.3 is 0 Å². The first-order chi connectivity index (χ1) is 3.27. The second-order valence-electron chi connectivity index (χ2n) is 0.936. The van der Waals surface area contributed by atoms with Crippen LogP contribution in [0.15, 0.2) is 0 Å². The van der Waals surface area contributed by atoms with Gasteiger partial charge in [-0.3, -0.25) is 0 Å². The second kappa shape index (κ2) is 5.71. The third-order valence-electron chi connectivity index (χ3n) is 0.378. The molecule has 0 aromatic carbocycles. The molecule has 0 fully saturated rings. The van der Waals surface area contributed by atoms with Crippen LogP contribution in [0.2, 0.25) is 0 Å². The Morgan fingerprint density at radius 2 is 2.57 bits per heavy atom. The molecule has 41 valence electrons. The minimum atomic E-state index is -0.458. The summed E-state index contributed by atoms with van der Waals surface area (Å²) in [5, 5.41) is 8.17. The Morgan fingerprint density at radius 3 is 2.71 bits per heavy atom. The molecule has 0 saturated heterocycles. The molecule has 0 aliphatic rings. The van der Waals surface area contributed by atoms with Crippen LogP contribution in [0.1, 0.15) is 0 Å². The van der Waals surface area contributed by atoms with E-state index in [2.05, 4.69) is 19.9 Å². The molecular formula is CH6AsGeO2SiTe. The predicted octanol–water partition coefficient (Wildman–Crippen LogP) is -2.65. The van der Waals surface area contributed by atoms with Crippen LogP contribution in [0.5, 0.6) is 0 Å². The Bertz CT molecular complexity index is 70.7. The molecule has 1 radical (unpaired) electrons. The molecule has 0 heterocycles. The van der Waals surface area contributed by atoms with Crippen molar-refractivity contribution in [2.24, 2.45) is 0 Å². The molecule has 1 atom stereocenters. The maximum atomic E-state index is 9.88. The summed E-state index contributed by atoms with van der Waals surface area (Å²) in [4.78, 5) is 9.88. The van der Waals surface area contributed by atoms with Gasteiger partial charge in [-0.2, -0.15) is 0 Å². The minimum absolute atomic E-state index is 0.0916. The van der Waals surface area contributed by atoms with Gasteiger partial charge in [0, 0.05) is 0 Å². The zero-order valence-corrected chi connectivity index (χ0v) is 12.5. The summed E-state index contributed by atoms with van der Waals surface area (Å²) in [5.74, 6) is 0. The monoisotopic (exact) mass is 357 g/mol. The molecule has 0 aliphatic carbocycles. The zero-order valence-electron chi connectivity index (χ0n) is 3.68. The third kappa shape index (κ3) is 7.58. The zero-order chi connectivity index (χ0) is 5.70. The SMILES string of the molecule is O=C(O)[AsH][SiH2][GeH2][Te]. The molecule has 0 amide bonds. The molecule has 0 spiro atoms. The Morgan fingerprint density at radius 1 is 2.00 bits per heavy atom. The van der Waals surface area contributed by atoms with Crippen LogP contribution in [0.4, 0.5) is 4.79 Å². The van der Waals surface area contributed by atoms with Crippen LogP contribution in [0.3, 0.4) is 0 Å². The molecule has 0 bridgehead atoms. The first-order valence-corrected chi connectivity index (χ1v) is 25.1. The first-order valence-electron chi connectivity index (χ1n) is 1.82. The van der Waals surface area contributed by atoms with Crippen LogP contribution in [0, 0.1) is 0 Å². The van der Waals surface area contributed by atoms with Crippen molar-refractivity contribution in [3.05, 3.63) is 0 Å². The topological polar surface area (TPSA) is 37.3 Å². The molecule has 1 N–H and O–H groups in total. The summed E-state index contributed by atoms with van der Waals surface area (Å²) >= 11 is 1.64. The van der Waals surface area contributed by atoms with Crippen LogP contribution < -0.4 is 0 Å². The summed E-state index contributed by atoms with van der Waals surface area (Å²) in [7, 11) is 0. The summed E-state index contributed by atoms with van der Waals surface area (Å²) in [5.41, 5.74) is 0. The van der Waals surface area contributed by atoms with Crippen molar-refractivity contribution in [2.45, 2.75) is 0 Å². The fourth-order valence-corrected chi connectivity index (χ4v) is 36.4. The molecule has 0 aliphatic heterocycles. The summed E-state index contributed by atoms with van der Waals surface area (Å²) < 4.78 is -0.458. The number of carbonyl (C=O) groups is 1. The second-order valence-corrected chi connectivity index (χ2v) is 45.6. The van der Waals surface area contributed by atoms with Crippen molar-refractivity contribution in [3.63, 3.8) is 0 Å². The molecule has 0 aromatic heterocycles. The van der Waals surface area contributed by atoms with Crippen LogP contribution in [-0.2, 0) is 0 Å². The van der Waals surface area contributed by atoms with Gasteiger partial charge in [-0.15, -0.1) is 0 Å².